The van der Waals surface area contributed by atoms with Crippen LogP contribution in [0, 0.1) is 0 Å². The zero-order valence-corrected chi connectivity index (χ0v) is 10.9. The maximum absolute atomic E-state index is 5.48. The van der Waals surface area contributed by atoms with Crippen LogP contribution in [0.2, 0.25) is 13.1 Å². The largest absolute Gasteiger partial charge is 0.453 e. The molecule has 0 atom stereocenters. The van der Waals surface area contributed by atoms with E-state index in [9.17, 15) is 0 Å². The van der Waals surface area contributed by atoms with Gasteiger partial charge >= 0.3 is 0 Å². The van der Waals surface area contributed by atoms with Crippen molar-refractivity contribution in [2.45, 2.75) is 39.4 Å². The Bertz CT molecular complexity index is 109. The van der Waals surface area contributed by atoms with Gasteiger partial charge in [0.1, 0.15) is 10.5 Å². The van der Waals surface area contributed by atoms with E-state index >= 15 is 0 Å². The van der Waals surface area contributed by atoms with E-state index in [0.29, 0.717) is 0 Å². The van der Waals surface area contributed by atoms with Crippen molar-refractivity contribution in [2.75, 3.05) is 0 Å². The Morgan fingerprint density at radius 1 is 1.30 bits per heavy atom. The van der Waals surface area contributed by atoms with E-state index in [4.69, 9.17) is 4.12 Å². The maximum atomic E-state index is 5.48. The summed E-state index contributed by atoms with van der Waals surface area (Å²) in [5.41, 5.74) is 0.195. The first-order chi connectivity index (χ1) is 4.27. The van der Waals surface area contributed by atoms with Crippen molar-refractivity contribution >= 4 is 19.0 Å². The van der Waals surface area contributed by atoms with E-state index in [-0.39, 0.29) is 5.54 Å². The summed E-state index contributed by atoms with van der Waals surface area (Å²) in [6.07, 6.45) is 0. The minimum Gasteiger partial charge on any atom is -0.453 e. The summed E-state index contributed by atoms with van der Waals surface area (Å²) in [7, 11) is -0.661. The SMILES string of the molecule is CC(C)(C)N[Si](C)(C)O[SiH3]. The molecule has 4 heteroatoms. The molecule has 0 radical (unpaired) electrons. The van der Waals surface area contributed by atoms with Gasteiger partial charge in [-0.25, -0.2) is 0 Å². The quantitative estimate of drug-likeness (QED) is 0.616. The smallest absolute Gasteiger partial charge is 0.251 e. The molecule has 1 N–H and O–H groups in total. The molecular weight excluding hydrogens is 158 g/mol. The van der Waals surface area contributed by atoms with E-state index in [1.54, 1.807) is 0 Å². The van der Waals surface area contributed by atoms with Crippen LogP contribution in [0.25, 0.3) is 0 Å². The monoisotopic (exact) mass is 177 g/mol. The van der Waals surface area contributed by atoms with Gasteiger partial charge in [0, 0.05) is 5.54 Å². The molecule has 10 heavy (non-hydrogen) atoms. The van der Waals surface area contributed by atoms with E-state index < -0.39 is 8.48 Å². The highest BCUT2D eigenvalue weighted by Gasteiger charge is 2.25. The highest BCUT2D eigenvalue weighted by atomic mass is 28.4. The minimum atomic E-state index is -1.50. The molecule has 0 aromatic rings. The van der Waals surface area contributed by atoms with E-state index in [2.05, 4.69) is 38.8 Å². The van der Waals surface area contributed by atoms with Crippen molar-refractivity contribution < 1.29 is 4.12 Å². The van der Waals surface area contributed by atoms with Gasteiger partial charge in [0.15, 0.2) is 0 Å². The molecular formula is C6H19NOSi2. The Kier molecular flexibility index (Phi) is 3.28. The van der Waals surface area contributed by atoms with Crippen LogP contribution in [-0.4, -0.2) is 24.5 Å². The molecule has 0 aromatic heterocycles. The Hall–Kier alpha value is 0.354. The standard InChI is InChI=1S/C6H19NOSi2/c1-6(2,3)7-10(4,5)8-9/h7H,1-5,9H3. The summed E-state index contributed by atoms with van der Waals surface area (Å²) in [4.78, 5) is 3.50. The van der Waals surface area contributed by atoms with Gasteiger partial charge in [-0.05, 0) is 33.9 Å². The summed E-state index contributed by atoms with van der Waals surface area (Å²) in [5.74, 6) is 0. The molecule has 0 heterocycles. The predicted octanol–water partition coefficient (Wildman–Crippen LogP) is 0.373. The van der Waals surface area contributed by atoms with Crippen molar-refractivity contribution in [1.82, 2.24) is 4.98 Å². The first kappa shape index (κ1) is 10.4. The fraction of sp³-hybridized carbons (Fsp3) is 1.00. The molecule has 0 aliphatic carbocycles. The van der Waals surface area contributed by atoms with Crippen LogP contribution in [0.4, 0.5) is 0 Å². The lowest BCUT2D eigenvalue weighted by molar-refractivity contribution is 0.460. The van der Waals surface area contributed by atoms with E-state index in [1.165, 1.54) is 0 Å². The average molecular weight is 177 g/mol. The molecule has 0 fully saturated rings. The normalized spacial score (nSPS) is 14.1. The van der Waals surface area contributed by atoms with Gasteiger partial charge < -0.3 is 9.10 Å². The first-order valence-corrected chi connectivity index (χ1v) is 7.34. The second kappa shape index (κ2) is 3.17. The van der Waals surface area contributed by atoms with Crippen molar-refractivity contribution in [2.24, 2.45) is 0 Å². The summed E-state index contributed by atoms with van der Waals surface area (Å²) >= 11 is 0. The maximum Gasteiger partial charge on any atom is 0.251 e. The molecule has 0 amide bonds. The predicted molar refractivity (Wildman–Crippen MR) is 51.4 cm³/mol. The number of hydrogen-bond acceptors (Lipinski definition) is 2. The van der Waals surface area contributed by atoms with Crippen LogP contribution in [-0.2, 0) is 4.12 Å². The van der Waals surface area contributed by atoms with Crippen LogP contribution in [0.5, 0.6) is 0 Å². The highest BCUT2D eigenvalue weighted by Crippen LogP contribution is 2.06. The van der Waals surface area contributed by atoms with Gasteiger partial charge in [-0.15, -0.1) is 0 Å². The fourth-order valence-electron chi connectivity index (χ4n) is 0.954. The number of rotatable bonds is 2. The lowest BCUT2D eigenvalue weighted by Crippen LogP contribution is -2.55. The van der Waals surface area contributed by atoms with Crippen molar-refractivity contribution in [1.29, 1.82) is 0 Å². The lowest BCUT2D eigenvalue weighted by atomic mass is 10.1. The molecule has 0 aliphatic heterocycles. The second-order valence-corrected chi connectivity index (χ2v) is 8.99. The molecule has 0 aliphatic rings. The Balaban J connectivity index is 3.89. The third-order valence-corrected chi connectivity index (χ3v) is 6.62. The summed E-state index contributed by atoms with van der Waals surface area (Å²) in [5, 5.41) is 0. The van der Waals surface area contributed by atoms with E-state index in [0.717, 1.165) is 10.5 Å². The Morgan fingerprint density at radius 3 is 1.80 bits per heavy atom. The molecule has 0 rings (SSSR count). The van der Waals surface area contributed by atoms with E-state index in [1.807, 2.05) is 0 Å². The third-order valence-electron chi connectivity index (χ3n) is 1.19. The van der Waals surface area contributed by atoms with Gasteiger partial charge in [0.05, 0.1) is 0 Å². The van der Waals surface area contributed by atoms with Crippen LogP contribution >= 0.6 is 0 Å². The molecule has 0 unspecified atom stereocenters. The molecule has 0 saturated heterocycles. The van der Waals surface area contributed by atoms with Crippen LogP contribution in [0.15, 0.2) is 0 Å². The zero-order chi connectivity index (χ0) is 8.41. The minimum absolute atomic E-state index is 0.195. The highest BCUT2D eigenvalue weighted by molar-refractivity contribution is 6.71. The summed E-state index contributed by atoms with van der Waals surface area (Å²) < 4.78 is 5.48. The first-order valence-electron chi connectivity index (χ1n) is 3.61. The Labute approximate surface area is 68.1 Å². The third kappa shape index (κ3) is 5.16. The molecule has 0 spiro atoms. The second-order valence-electron chi connectivity index (χ2n) is 4.09. The van der Waals surface area contributed by atoms with Crippen LogP contribution < -0.4 is 4.98 Å². The average Bonchev–Trinajstić information content (AvgIpc) is 1.60. The van der Waals surface area contributed by atoms with Gasteiger partial charge in [-0.1, -0.05) is 0 Å². The molecule has 0 saturated carbocycles. The molecule has 0 bridgehead atoms. The van der Waals surface area contributed by atoms with Gasteiger partial charge in [-0.3, -0.25) is 0 Å². The van der Waals surface area contributed by atoms with Gasteiger partial charge in [0.2, 0.25) is 0 Å². The van der Waals surface area contributed by atoms with Crippen molar-refractivity contribution in [3.8, 4) is 0 Å². The topological polar surface area (TPSA) is 21.3 Å². The number of nitrogens with one attached hydrogen (secondary N) is 1. The van der Waals surface area contributed by atoms with Gasteiger partial charge in [-0.2, -0.15) is 0 Å². The molecule has 2 nitrogen and oxygen atoms in total. The van der Waals surface area contributed by atoms with Gasteiger partial charge in [0.25, 0.3) is 8.48 Å². The molecule has 62 valence electrons. The number of hydrogen-bond donors (Lipinski definition) is 1. The fourth-order valence-corrected chi connectivity index (χ4v) is 3.17. The molecule has 0 aromatic carbocycles. The zero-order valence-electron chi connectivity index (χ0n) is 7.91. The summed E-state index contributed by atoms with van der Waals surface area (Å²) in [6, 6.07) is 0. The van der Waals surface area contributed by atoms with Crippen LogP contribution in [0.1, 0.15) is 20.8 Å². The van der Waals surface area contributed by atoms with Crippen LogP contribution in [0.3, 0.4) is 0 Å². The Morgan fingerprint density at radius 2 is 1.70 bits per heavy atom. The van der Waals surface area contributed by atoms with Crippen molar-refractivity contribution in [3.05, 3.63) is 0 Å². The lowest BCUT2D eigenvalue weighted by Gasteiger charge is -2.31. The summed E-state index contributed by atoms with van der Waals surface area (Å²) in [6.45, 7) is 10.9. The van der Waals surface area contributed by atoms with Crippen molar-refractivity contribution in [3.63, 3.8) is 0 Å².